The van der Waals surface area contributed by atoms with E-state index in [9.17, 15) is 9.90 Å². The molecular formula is C29H33N5O3. The lowest BCUT2D eigenvalue weighted by Crippen LogP contribution is -2.47. The molecule has 8 heteroatoms. The lowest BCUT2D eigenvalue weighted by atomic mass is 10.0. The Kier molecular flexibility index (Phi) is 7.30. The number of nitrogens with zero attached hydrogens (tertiary/aromatic N) is 5. The number of hydrogen-bond donors (Lipinski definition) is 1. The van der Waals surface area contributed by atoms with Crippen LogP contribution in [-0.4, -0.2) is 81.2 Å². The molecule has 5 rings (SSSR count). The van der Waals surface area contributed by atoms with E-state index >= 15 is 0 Å². The summed E-state index contributed by atoms with van der Waals surface area (Å²) in [6.07, 6.45) is 5.81. The number of amides is 1. The molecule has 2 unspecified atom stereocenters. The quantitative estimate of drug-likeness (QED) is 0.534. The van der Waals surface area contributed by atoms with E-state index in [1.807, 2.05) is 30.0 Å². The summed E-state index contributed by atoms with van der Waals surface area (Å²) in [5, 5.41) is 9.73. The number of piperazine rings is 1. The van der Waals surface area contributed by atoms with E-state index < -0.39 is 6.10 Å². The van der Waals surface area contributed by atoms with Crippen LogP contribution >= 0.6 is 0 Å². The van der Waals surface area contributed by atoms with Gasteiger partial charge in [-0.15, -0.1) is 0 Å². The van der Waals surface area contributed by atoms with Crippen LogP contribution in [0.4, 0.5) is 0 Å². The molecule has 2 aliphatic rings. The van der Waals surface area contributed by atoms with Gasteiger partial charge in [-0.3, -0.25) is 9.78 Å². The van der Waals surface area contributed by atoms with E-state index in [-0.39, 0.29) is 12.0 Å². The predicted molar refractivity (Wildman–Crippen MR) is 142 cm³/mol. The fourth-order valence-electron chi connectivity index (χ4n) is 4.59. The highest BCUT2D eigenvalue weighted by Crippen LogP contribution is 2.28. The first-order valence-corrected chi connectivity index (χ1v) is 12.8. The molecule has 0 spiro atoms. The zero-order valence-corrected chi connectivity index (χ0v) is 21.6. The van der Waals surface area contributed by atoms with Crippen LogP contribution in [0.25, 0.3) is 17.5 Å². The molecule has 1 N–H and O–H groups in total. The van der Waals surface area contributed by atoms with Crippen LogP contribution in [0, 0.1) is 0 Å². The highest BCUT2D eigenvalue weighted by molar-refractivity contribution is 6.00. The van der Waals surface area contributed by atoms with Crippen LogP contribution in [0.15, 0.2) is 54.4 Å². The minimum absolute atomic E-state index is 0.156. The maximum Gasteiger partial charge on any atom is 0.250 e. The lowest BCUT2D eigenvalue weighted by molar-refractivity contribution is -0.128. The van der Waals surface area contributed by atoms with Gasteiger partial charge in [-0.05, 0) is 55.8 Å². The first-order valence-electron chi connectivity index (χ1n) is 12.8. The highest BCUT2D eigenvalue weighted by Gasteiger charge is 2.25. The number of aliphatic hydroxyl groups excluding tert-OH is 1. The van der Waals surface area contributed by atoms with Crippen LogP contribution in [0.3, 0.4) is 0 Å². The Bertz CT molecular complexity index is 1310. The molecule has 3 heterocycles. The van der Waals surface area contributed by atoms with Gasteiger partial charge < -0.3 is 19.6 Å². The number of hydrogen-bond acceptors (Lipinski definition) is 7. The zero-order chi connectivity index (χ0) is 25.9. The Morgan fingerprint density at radius 3 is 2.59 bits per heavy atom. The van der Waals surface area contributed by atoms with E-state index in [0.29, 0.717) is 35.8 Å². The van der Waals surface area contributed by atoms with Crippen LogP contribution < -0.4 is 4.74 Å². The molecule has 37 heavy (non-hydrogen) atoms. The van der Waals surface area contributed by atoms with Crippen molar-refractivity contribution >= 4 is 12.0 Å². The second-order valence-corrected chi connectivity index (χ2v) is 9.95. The second kappa shape index (κ2) is 10.8. The molecule has 2 aromatic heterocycles. The van der Waals surface area contributed by atoms with E-state index in [0.717, 1.165) is 42.9 Å². The van der Waals surface area contributed by atoms with Crippen molar-refractivity contribution in [2.75, 3.05) is 33.2 Å². The predicted octanol–water partition coefficient (Wildman–Crippen LogP) is 2.99. The molecule has 1 aliphatic heterocycles. The number of ether oxygens (including phenoxy) is 1. The largest absolute Gasteiger partial charge is 0.488 e. The van der Waals surface area contributed by atoms with Gasteiger partial charge in [0.2, 0.25) is 5.91 Å². The van der Waals surface area contributed by atoms with Gasteiger partial charge in [0.1, 0.15) is 17.7 Å². The number of pyridine rings is 1. The number of fused-ring (bicyclic) bond motifs is 1. The summed E-state index contributed by atoms with van der Waals surface area (Å²) in [6.45, 7) is 6.93. The zero-order valence-electron chi connectivity index (χ0n) is 21.6. The number of rotatable bonds is 7. The molecule has 0 bridgehead atoms. The van der Waals surface area contributed by atoms with Crippen molar-refractivity contribution in [2.45, 2.75) is 38.9 Å². The Balaban J connectivity index is 1.29. The van der Waals surface area contributed by atoms with Crippen molar-refractivity contribution in [1.82, 2.24) is 24.8 Å². The Morgan fingerprint density at radius 1 is 1.03 bits per heavy atom. The topological polar surface area (TPSA) is 91.7 Å². The lowest BCUT2D eigenvalue weighted by Gasteiger charge is -2.32. The summed E-state index contributed by atoms with van der Waals surface area (Å²) in [7, 11) is 2.09. The van der Waals surface area contributed by atoms with E-state index in [1.54, 1.807) is 25.4 Å². The SMILES string of the molecule is CC(O)C(C)Oc1ccnc(-c2ccnc(Cc3ccc4c(c3)C=C(C(=O)N3CCN(C)CC3)C4)n2)c1. The standard InChI is InChI=1S/C29H33N5O3/c1-19(35)20(2)37-25-6-8-30-27(18-25)26-7-9-31-28(32-26)15-21-4-5-22-16-24(17-23(22)14-21)29(36)34-12-10-33(3)11-13-34/h4-9,14,17-20,35H,10-13,15-16H2,1-3H3. The van der Waals surface area contributed by atoms with Crippen molar-refractivity contribution in [3.8, 4) is 17.1 Å². The van der Waals surface area contributed by atoms with E-state index in [2.05, 4.69) is 40.1 Å². The van der Waals surface area contributed by atoms with Gasteiger partial charge in [0, 0.05) is 63.1 Å². The molecule has 0 radical (unpaired) electrons. The van der Waals surface area contributed by atoms with Crippen molar-refractivity contribution < 1.29 is 14.6 Å². The molecule has 1 saturated heterocycles. The average Bonchev–Trinajstić information content (AvgIpc) is 3.32. The number of aromatic nitrogens is 3. The molecule has 8 nitrogen and oxygen atoms in total. The number of carbonyl (C=O) groups excluding carboxylic acids is 1. The molecule has 2 atom stereocenters. The molecule has 1 aliphatic carbocycles. The van der Waals surface area contributed by atoms with E-state index in [1.165, 1.54) is 5.56 Å². The van der Waals surface area contributed by atoms with Gasteiger partial charge in [-0.1, -0.05) is 18.2 Å². The van der Waals surface area contributed by atoms with Crippen LogP contribution in [0.1, 0.15) is 36.4 Å². The summed E-state index contributed by atoms with van der Waals surface area (Å²) >= 11 is 0. The van der Waals surface area contributed by atoms with Crippen LogP contribution in [0.2, 0.25) is 0 Å². The van der Waals surface area contributed by atoms with Crippen molar-refractivity contribution in [3.63, 3.8) is 0 Å². The summed E-state index contributed by atoms with van der Waals surface area (Å²) < 4.78 is 5.81. The fraction of sp³-hybridized carbons (Fsp3) is 0.379. The van der Waals surface area contributed by atoms with Crippen molar-refractivity contribution in [1.29, 1.82) is 0 Å². The first-order chi connectivity index (χ1) is 17.9. The molecule has 0 saturated carbocycles. The van der Waals surface area contributed by atoms with Crippen LogP contribution in [-0.2, 0) is 17.6 Å². The molecule has 1 fully saturated rings. The number of likely N-dealkylation sites (N-methyl/N-ethyl adjacent to an activating group) is 1. The number of benzene rings is 1. The normalized spacial score (nSPS) is 17.2. The molecule has 3 aromatic rings. The third-order valence-electron chi connectivity index (χ3n) is 7.05. The van der Waals surface area contributed by atoms with Gasteiger partial charge in [0.05, 0.1) is 17.5 Å². The van der Waals surface area contributed by atoms with Gasteiger partial charge in [-0.25, -0.2) is 9.97 Å². The maximum atomic E-state index is 13.0. The Hall–Kier alpha value is -3.62. The van der Waals surface area contributed by atoms with Crippen molar-refractivity contribution in [3.05, 3.63) is 76.9 Å². The molecule has 1 amide bonds. The molecule has 1 aromatic carbocycles. The smallest absolute Gasteiger partial charge is 0.250 e. The summed E-state index contributed by atoms with van der Waals surface area (Å²) in [6, 6.07) is 11.8. The summed E-state index contributed by atoms with van der Waals surface area (Å²) in [5.74, 6) is 1.48. The monoisotopic (exact) mass is 499 g/mol. The van der Waals surface area contributed by atoms with Crippen molar-refractivity contribution in [2.24, 2.45) is 0 Å². The van der Waals surface area contributed by atoms with Gasteiger partial charge >= 0.3 is 0 Å². The fourth-order valence-corrected chi connectivity index (χ4v) is 4.59. The van der Waals surface area contributed by atoms with Gasteiger partial charge in [0.25, 0.3) is 0 Å². The minimum atomic E-state index is -0.578. The number of aliphatic hydroxyl groups is 1. The second-order valence-electron chi connectivity index (χ2n) is 9.95. The third kappa shape index (κ3) is 5.87. The molecular weight excluding hydrogens is 466 g/mol. The van der Waals surface area contributed by atoms with E-state index in [4.69, 9.17) is 9.72 Å². The van der Waals surface area contributed by atoms with Crippen LogP contribution in [0.5, 0.6) is 5.75 Å². The van der Waals surface area contributed by atoms with Gasteiger partial charge in [0.15, 0.2) is 0 Å². The maximum absolute atomic E-state index is 13.0. The highest BCUT2D eigenvalue weighted by atomic mass is 16.5. The minimum Gasteiger partial charge on any atom is -0.488 e. The third-order valence-corrected chi connectivity index (χ3v) is 7.05. The first kappa shape index (κ1) is 25.0. The Morgan fingerprint density at radius 2 is 1.81 bits per heavy atom. The number of carbonyl (C=O) groups is 1. The Labute approximate surface area is 217 Å². The molecule has 192 valence electrons. The summed E-state index contributed by atoms with van der Waals surface area (Å²) in [4.78, 5) is 30.9. The summed E-state index contributed by atoms with van der Waals surface area (Å²) in [5.41, 5.74) is 5.64. The van der Waals surface area contributed by atoms with Gasteiger partial charge in [-0.2, -0.15) is 0 Å². The average molecular weight is 500 g/mol.